The van der Waals surface area contributed by atoms with Crippen molar-refractivity contribution >= 4 is 76.4 Å². The van der Waals surface area contributed by atoms with Crippen LogP contribution in [0.2, 0.25) is 5.02 Å². The molecule has 0 saturated heterocycles. The summed E-state index contributed by atoms with van der Waals surface area (Å²) in [4.78, 5) is 63.2. The molecule has 2 aromatic carbocycles. The Morgan fingerprint density at radius 1 is 0.958 bits per heavy atom. The zero-order chi connectivity index (χ0) is 53.6. The molecular weight excluding hydrogens is 1070 g/mol. The molecule has 16 nitrogen and oxygen atoms in total. The number of fused-ring (bicyclic) bond motifs is 2. The lowest BCUT2D eigenvalue weighted by Gasteiger charge is -2.23. The quantitative estimate of drug-likeness (QED) is 0.0408. The number of aromatic nitrogens is 5. The number of hydrogen-bond donors (Lipinski definition) is 5. The van der Waals surface area contributed by atoms with E-state index in [0.29, 0.717) is 6.07 Å². The normalized spacial score (nSPS) is 15.4. The number of aliphatic carboxylic acids is 1. The van der Waals surface area contributed by atoms with Gasteiger partial charge in [-0.2, -0.15) is 49.6 Å². The number of alkyl halides is 8. The van der Waals surface area contributed by atoms with Gasteiger partial charge in [-0.05, 0) is 68.5 Å². The Kier molecular flexibility index (Phi) is 16.2. The minimum atomic E-state index is -5.23. The summed E-state index contributed by atoms with van der Waals surface area (Å²) in [6.45, 7) is -0.284. The number of halogens is 11. The molecule has 0 aliphatic heterocycles. The second kappa shape index (κ2) is 21.0. The van der Waals surface area contributed by atoms with Crippen LogP contribution < -0.4 is 14.9 Å². The van der Waals surface area contributed by atoms with Gasteiger partial charge in [0.1, 0.15) is 57.9 Å². The molecule has 4 unspecified atom stereocenters. The summed E-state index contributed by atoms with van der Waals surface area (Å²) in [5, 5.41) is 20.2. The smallest absolute Gasteiger partial charge is 0.435 e. The predicted octanol–water partition coefficient (Wildman–Crippen LogP) is 7.01. The van der Waals surface area contributed by atoms with Crippen molar-refractivity contribution in [2.75, 3.05) is 23.0 Å². The highest BCUT2D eigenvalue weighted by atomic mass is 35.5. The van der Waals surface area contributed by atoms with E-state index in [2.05, 4.69) is 32.3 Å². The van der Waals surface area contributed by atoms with Crippen LogP contribution in [0.15, 0.2) is 42.5 Å². The number of hydrogen-bond acceptors (Lipinski definition) is 10. The zero-order valence-electron chi connectivity index (χ0n) is 37.4. The molecule has 0 spiro atoms. The van der Waals surface area contributed by atoms with Crippen LogP contribution in [0, 0.1) is 23.5 Å². The summed E-state index contributed by atoms with van der Waals surface area (Å²) in [6, 6.07) is 1.33. The first-order valence-corrected chi connectivity index (χ1v) is 25.4. The van der Waals surface area contributed by atoms with Crippen molar-refractivity contribution in [2.45, 2.75) is 81.3 Å². The minimum Gasteiger partial charge on any atom is -0.480 e. The number of urea groups is 1. The van der Waals surface area contributed by atoms with E-state index in [1.165, 1.54) is 32.2 Å². The van der Waals surface area contributed by atoms with Crippen molar-refractivity contribution in [2.24, 2.45) is 0 Å². The molecule has 3 amide bonds. The van der Waals surface area contributed by atoms with Crippen molar-refractivity contribution in [3.05, 3.63) is 93.0 Å². The van der Waals surface area contributed by atoms with Gasteiger partial charge >= 0.3 is 24.4 Å². The summed E-state index contributed by atoms with van der Waals surface area (Å²) in [6.07, 6.45) is -11.6. The molecule has 4 atom stereocenters. The Morgan fingerprint density at radius 2 is 1.60 bits per heavy atom. The van der Waals surface area contributed by atoms with Crippen molar-refractivity contribution in [3.63, 3.8) is 0 Å². The van der Waals surface area contributed by atoms with Gasteiger partial charge in [0, 0.05) is 58.7 Å². The average Bonchev–Trinajstić information content (AvgIpc) is 3.90. The van der Waals surface area contributed by atoms with E-state index in [-0.39, 0.29) is 36.1 Å². The van der Waals surface area contributed by atoms with Gasteiger partial charge in [-0.3, -0.25) is 18.4 Å². The molecule has 0 fully saturated rings. The van der Waals surface area contributed by atoms with Crippen LogP contribution >= 0.6 is 20.0 Å². The van der Waals surface area contributed by atoms with Gasteiger partial charge in [-0.1, -0.05) is 23.6 Å². The van der Waals surface area contributed by atoms with E-state index in [9.17, 15) is 72.8 Å². The number of carbonyl (C=O) groups is 3. The lowest BCUT2D eigenvalue weighted by Crippen LogP contribution is -2.50. The van der Waals surface area contributed by atoms with Crippen molar-refractivity contribution < 1.29 is 81.6 Å². The van der Waals surface area contributed by atoms with Gasteiger partial charge in [-0.15, -0.1) is 0 Å². The number of amides is 3. The first-order chi connectivity index (χ1) is 33.3. The highest BCUT2D eigenvalue weighted by Gasteiger charge is 2.50. The number of anilines is 1. The highest BCUT2D eigenvalue weighted by molar-refractivity contribution is 7.86. The third kappa shape index (κ3) is 12.5. The molecule has 5 aromatic rings. The number of pyridine rings is 1. The molecule has 1 aliphatic carbocycles. The van der Waals surface area contributed by atoms with Crippen LogP contribution in [0.1, 0.15) is 60.2 Å². The number of rotatable bonds is 15. The molecule has 3 heterocycles. The van der Waals surface area contributed by atoms with Crippen LogP contribution in [0.5, 0.6) is 0 Å². The van der Waals surface area contributed by atoms with Crippen molar-refractivity contribution in [1.29, 1.82) is 0 Å². The maximum Gasteiger partial charge on any atom is 0.435 e. The maximum atomic E-state index is 15.2. The van der Waals surface area contributed by atoms with Gasteiger partial charge in [0.15, 0.2) is 19.9 Å². The summed E-state index contributed by atoms with van der Waals surface area (Å²) in [5.41, 5.74) is -5.79. The van der Waals surface area contributed by atoms with Crippen molar-refractivity contribution in [3.8, 4) is 23.0 Å². The van der Waals surface area contributed by atoms with Crippen molar-refractivity contribution in [1.82, 2.24) is 35.2 Å². The summed E-state index contributed by atoms with van der Waals surface area (Å²) < 4.78 is 171. The fourth-order valence-corrected chi connectivity index (χ4v) is 9.23. The standard InChI is InChI=1S/C42H38ClF10N8O8PS2/c1-39(2,71(3)68)11-9-23-5-6-24(25-7-8-27(43)31-33(25)60(19-41(48,49)50)58-36(31)61(72(4)69)38(65)56-29(37(63)64)18-70(66)67)32(54-23)28(15-20-13-21(44)16-22(45)14-20)55-30(62)17-59-35-26(10-12-40(35,46)47)34(57-59)42(51,52)53/h5-8,13-14,16,28-29,66-67H,10,12,15,17-19H2,1-4H3,(H,55,62)(H,56,65)(H,63,64). The molecule has 3 aromatic heterocycles. The van der Waals surface area contributed by atoms with E-state index in [4.69, 9.17) is 11.6 Å². The number of nitrogens with zero attached hydrogens (tertiary/aromatic N) is 6. The number of carboxylic acids is 1. The molecular formula is C42H38ClF10N8O8PS2. The van der Waals surface area contributed by atoms with E-state index >= 15 is 8.78 Å². The minimum absolute atomic E-state index is 0.160. The Labute approximate surface area is 412 Å². The summed E-state index contributed by atoms with van der Waals surface area (Å²) in [5.74, 6) is -4.69. The third-order valence-electron chi connectivity index (χ3n) is 10.8. The second-order valence-electron chi connectivity index (χ2n) is 16.5. The molecule has 388 valence electrons. The van der Waals surface area contributed by atoms with E-state index < -0.39 is 178 Å². The first-order valence-electron chi connectivity index (χ1n) is 20.5. The molecule has 1 aliphatic rings. The van der Waals surface area contributed by atoms with Crippen LogP contribution in [-0.2, 0) is 69.4 Å². The zero-order valence-corrected chi connectivity index (χ0v) is 40.7. The van der Waals surface area contributed by atoms with Crippen LogP contribution in [-0.4, -0.2) is 101 Å². The Balaban J connectivity index is 1.63. The van der Waals surface area contributed by atoms with Crippen LogP contribution in [0.3, 0.4) is 0 Å². The molecule has 72 heavy (non-hydrogen) atoms. The first kappa shape index (κ1) is 55.6. The lowest BCUT2D eigenvalue weighted by atomic mass is 9.93. The van der Waals surface area contributed by atoms with Gasteiger partial charge in [0.25, 0.3) is 5.92 Å². The average molecular weight is 1100 g/mol. The fraction of sp³-hybridized carbons (Fsp3) is 0.381. The molecule has 5 N–H and O–H groups in total. The monoisotopic (exact) mass is 1100 g/mol. The Hall–Kier alpha value is -5.72. The lowest BCUT2D eigenvalue weighted by molar-refractivity contribution is -0.143. The van der Waals surface area contributed by atoms with Gasteiger partial charge < -0.3 is 25.5 Å². The maximum absolute atomic E-state index is 15.2. The second-order valence-corrected chi connectivity index (χ2v) is 21.2. The highest BCUT2D eigenvalue weighted by Crippen LogP contribution is 2.47. The molecule has 30 heteroatoms. The van der Waals surface area contributed by atoms with Crippen LogP contribution in [0.25, 0.3) is 22.0 Å². The molecule has 0 bridgehead atoms. The van der Waals surface area contributed by atoms with Gasteiger partial charge in [0.05, 0.1) is 27.7 Å². The van der Waals surface area contributed by atoms with E-state index in [0.717, 1.165) is 30.5 Å². The number of benzene rings is 2. The molecule has 0 radical (unpaired) electrons. The Bertz CT molecular complexity index is 3070. The van der Waals surface area contributed by atoms with E-state index in [1.54, 1.807) is 0 Å². The fourth-order valence-electron chi connectivity index (χ4n) is 7.57. The molecule has 0 saturated carbocycles. The SMILES string of the molecule is CS(=O)N(C(=O)NC(CP(O)O)C(=O)O)c1nn(CC(F)(F)F)c2c(-c3ccc(C#CC(C)(C)S(C)=O)nc3C(Cc3cc(F)cc(F)c3)NC(=O)Cn3nc(C(F)(F)F)c4c3C(F)(F)CC4)ccc(Cl)c12. The molecule has 6 rings (SSSR count). The van der Waals surface area contributed by atoms with E-state index in [1.807, 2.05) is 5.32 Å². The summed E-state index contributed by atoms with van der Waals surface area (Å²) >= 11 is 6.63. The topological polar surface area (TPSA) is 222 Å². The third-order valence-corrected chi connectivity index (χ3v) is 14.2. The van der Waals surface area contributed by atoms with Gasteiger partial charge in [0.2, 0.25) is 5.91 Å². The number of carbonyl (C=O) groups excluding carboxylic acids is 2. The predicted molar refractivity (Wildman–Crippen MR) is 242 cm³/mol. The van der Waals surface area contributed by atoms with Gasteiger partial charge in [-0.25, -0.2) is 27.6 Å². The number of carboxylic acid groups (broad SMARTS) is 1. The number of nitrogens with one attached hydrogen (secondary N) is 2. The largest absolute Gasteiger partial charge is 0.480 e. The van der Waals surface area contributed by atoms with Crippen LogP contribution in [0.4, 0.5) is 54.5 Å². The Morgan fingerprint density at radius 3 is 2.17 bits per heavy atom. The summed E-state index contributed by atoms with van der Waals surface area (Å²) in [7, 11) is -7.17.